The molecule has 1 atom stereocenters. The first-order valence-electron chi connectivity index (χ1n) is 10.5. The summed E-state index contributed by atoms with van der Waals surface area (Å²) in [7, 11) is 1.67. The molecule has 33 heavy (non-hydrogen) atoms. The van der Waals surface area contributed by atoms with Gasteiger partial charge in [-0.15, -0.1) is 11.3 Å². The van der Waals surface area contributed by atoms with Crippen LogP contribution in [0.2, 0.25) is 0 Å². The number of nitrogens with zero attached hydrogens (tertiary/aromatic N) is 4. The van der Waals surface area contributed by atoms with Gasteiger partial charge in [0.15, 0.2) is 4.96 Å². The number of aromatic nitrogens is 3. The van der Waals surface area contributed by atoms with E-state index in [0.717, 1.165) is 33.2 Å². The number of hydrogen-bond acceptors (Lipinski definition) is 5. The van der Waals surface area contributed by atoms with Gasteiger partial charge in [-0.1, -0.05) is 12.1 Å². The van der Waals surface area contributed by atoms with Crippen molar-refractivity contribution in [3.05, 3.63) is 70.6 Å². The van der Waals surface area contributed by atoms with Gasteiger partial charge in [0.1, 0.15) is 11.6 Å². The van der Waals surface area contributed by atoms with Crippen molar-refractivity contribution in [2.45, 2.75) is 26.8 Å². The van der Waals surface area contributed by atoms with Crippen LogP contribution in [0.5, 0.6) is 0 Å². The number of hydrogen-bond donors (Lipinski definition) is 1. The predicted molar refractivity (Wildman–Crippen MR) is 131 cm³/mol. The number of carbonyl (C=O) groups is 1. The number of amides is 1. The number of aryl methyl sites for hydroxylation is 1. The molecule has 1 N–H and O–H groups in total. The molecule has 0 spiro atoms. The standard InChI is InChI=1S/C25H25N5O2S/c1-16-11-20(18(3)30(16)17(2)15-32-4)12-21(13-26)24(31)27-22-7-5-19(6-8-22)23-14-29-9-10-33-25(29)28-23/h5-12,14,17H,15H2,1-4H3,(H,27,31)/b21-12+. The lowest BCUT2D eigenvalue weighted by Gasteiger charge is -2.17. The molecule has 0 saturated heterocycles. The summed E-state index contributed by atoms with van der Waals surface area (Å²) in [6, 6.07) is 11.6. The summed E-state index contributed by atoms with van der Waals surface area (Å²) in [5, 5.41) is 14.4. The average molecular weight is 460 g/mol. The molecule has 1 amide bonds. The Balaban J connectivity index is 1.51. The summed E-state index contributed by atoms with van der Waals surface area (Å²) in [5.74, 6) is -0.442. The summed E-state index contributed by atoms with van der Waals surface area (Å²) in [6.07, 6.45) is 5.58. The van der Waals surface area contributed by atoms with Crippen molar-refractivity contribution in [3.8, 4) is 17.3 Å². The van der Waals surface area contributed by atoms with Crippen LogP contribution in [-0.4, -0.2) is 33.6 Å². The van der Waals surface area contributed by atoms with Gasteiger partial charge >= 0.3 is 0 Å². The Morgan fingerprint density at radius 1 is 1.33 bits per heavy atom. The number of nitrogens with one attached hydrogen (secondary N) is 1. The highest BCUT2D eigenvalue weighted by Crippen LogP contribution is 2.25. The lowest BCUT2D eigenvalue weighted by atomic mass is 10.1. The number of methoxy groups -OCH3 is 1. The third-order valence-corrected chi connectivity index (χ3v) is 6.34. The molecule has 0 aliphatic heterocycles. The Bertz CT molecular complexity index is 1340. The van der Waals surface area contributed by atoms with Gasteiger partial charge in [-0.3, -0.25) is 9.20 Å². The molecular formula is C25H25N5O2S. The molecule has 8 heteroatoms. The molecular weight excluding hydrogens is 434 g/mol. The first-order chi connectivity index (χ1) is 15.9. The quantitative estimate of drug-likeness (QED) is 0.303. The fourth-order valence-electron chi connectivity index (χ4n) is 4.04. The van der Waals surface area contributed by atoms with Crippen LogP contribution in [0.25, 0.3) is 22.3 Å². The monoisotopic (exact) mass is 459 g/mol. The first kappa shape index (κ1) is 22.5. The van der Waals surface area contributed by atoms with Gasteiger partial charge in [-0.05, 0) is 50.6 Å². The van der Waals surface area contributed by atoms with Gasteiger partial charge in [-0.2, -0.15) is 5.26 Å². The van der Waals surface area contributed by atoms with E-state index in [-0.39, 0.29) is 11.6 Å². The largest absolute Gasteiger partial charge is 0.383 e. The van der Waals surface area contributed by atoms with Crippen LogP contribution in [0.3, 0.4) is 0 Å². The van der Waals surface area contributed by atoms with E-state index in [1.54, 1.807) is 24.5 Å². The molecule has 0 bridgehead atoms. The highest BCUT2D eigenvalue weighted by atomic mass is 32.1. The summed E-state index contributed by atoms with van der Waals surface area (Å²) >= 11 is 1.58. The van der Waals surface area contributed by atoms with E-state index in [1.807, 2.05) is 72.4 Å². The molecule has 0 aliphatic carbocycles. The van der Waals surface area contributed by atoms with Crippen LogP contribution in [0.4, 0.5) is 5.69 Å². The van der Waals surface area contributed by atoms with Crippen LogP contribution < -0.4 is 5.32 Å². The molecule has 4 rings (SSSR count). The molecule has 3 aromatic heterocycles. The smallest absolute Gasteiger partial charge is 0.266 e. The molecule has 1 unspecified atom stereocenters. The molecule has 4 aromatic rings. The number of anilines is 1. The van der Waals surface area contributed by atoms with Gasteiger partial charge in [0.05, 0.1) is 18.3 Å². The highest BCUT2D eigenvalue weighted by Gasteiger charge is 2.16. The van der Waals surface area contributed by atoms with E-state index < -0.39 is 5.91 Å². The molecule has 1 aromatic carbocycles. The third-order valence-electron chi connectivity index (χ3n) is 5.57. The second-order valence-electron chi connectivity index (χ2n) is 7.92. The number of fused-ring (bicyclic) bond motifs is 1. The van der Waals surface area contributed by atoms with E-state index in [2.05, 4.69) is 21.8 Å². The second-order valence-corrected chi connectivity index (χ2v) is 8.79. The summed E-state index contributed by atoms with van der Waals surface area (Å²) < 4.78 is 9.41. The van der Waals surface area contributed by atoms with E-state index in [4.69, 9.17) is 4.74 Å². The summed E-state index contributed by atoms with van der Waals surface area (Å²) in [4.78, 5) is 18.3. The first-order valence-corrected chi connectivity index (χ1v) is 11.4. The lowest BCUT2D eigenvalue weighted by molar-refractivity contribution is -0.112. The maximum absolute atomic E-state index is 12.8. The number of nitriles is 1. The van der Waals surface area contributed by atoms with E-state index in [9.17, 15) is 10.1 Å². The fourth-order valence-corrected chi connectivity index (χ4v) is 4.74. The zero-order valence-electron chi connectivity index (χ0n) is 19.0. The number of benzene rings is 1. The predicted octanol–water partition coefficient (Wildman–Crippen LogP) is 5.23. The zero-order valence-corrected chi connectivity index (χ0v) is 19.8. The molecule has 168 valence electrons. The molecule has 3 heterocycles. The van der Waals surface area contributed by atoms with E-state index >= 15 is 0 Å². The maximum atomic E-state index is 12.8. The molecule has 0 saturated carbocycles. The van der Waals surface area contributed by atoms with Crippen molar-refractivity contribution < 1.29 is 9.53 Å². The summed E-state index contributed by atoms with van der Waals surface area (Å²) in [5.41, 5.74) is 5.38. The van der Waals surface area contributed by atoms with Crippen LogP contribution in [0.15, 0.2) is 53.7 Å². The van der Waals surface area contributed by atoms with Crippen molar-refractivity contribution in [3.63, 3.8) is 0 Å². The van der Waals surface area contributed by atoms with Crippen molar-refractivity contribution in [1.29, 1.82) is 5.26 Å². The Labute approximate surface area is 196 Å². The molecule has 7 nitrogen and oxygen atoms in total. The minimum absolute atomic E-state index is 0.0491. The zero-order chi connectivity index (χ0) is 23.5. The number of rotatable bonds is 7. The fraction of sp³-hybridized carbons (Fsp3) is 0.240. The molecule has 0 aliphatic rings. The Hall–Kier alpha value is -3.67. The molecule has 0 radical (unpaired) electrons. The van der Waals surface area contributed by atoms with E-state index in [0.29, 0.717) is 12.3 Å². The number of carbonyl (C=O) groups excluding carboxylic acids is 1. The number of ether oxygens (including phenoxy) is 1. The van der Waals surface area contributed by atoms with Crippen LogP contribution in [0.1, 0.15) is 29.9 Å². The minimum Gasteiger partial charge on any atom is -0.383 e. The number of imidazole rings is 1. The van der Waals surface area contributed by atoms with Gasteiger partial charge in [-0.25, -0.2) is 4.98 Å². The Morgan fingerprint density at radius 2 is 2.09 bits per heavy atom. The van der Waals surface area contributed by atoms with Crippen LogP contribution in [-0.2, 0) is 9.53 Å². The van der Waals surface area contributed by atoms with Crippen LogP contribution in [0, 0.1) is 25.2 Å². The summed E-state index contributed by atoms with van der Waals surface area (Å²) in [6.45, 7) is 6.65. The van der Waals surface area contributed by atoms with Crippen molar-refractivity contribution in [2.75, 3.05) is 19.0 Å². The SMILES string of the molecule is COCC(C)n1c(C)cc(/C=C(\C#N)C(=O)Nc2ccc(-c3cn4ccsc4n3)cc2)c1C. The number of thiazole rings is 1. The average Bonchev–Trinajstić information content (AvgIpc) is 3.46. The minimum atomic E-state index is -0.442. The maximum Gasteiger partial charge on any atom is 0.266 e. The van der Waals surface area contributed by atoms with Crippen LogP contribution >= 0.6 is 11.3 Å². The molecule has 0 fully saturated rings. The normalized spacial score (nSPS) is 12.6. The third kappa shape index (κ3) is 4.60. The highest BCUT2D eigenvalue weighted by molar-refractivity contribution is 7.15. The van der Waals surface area contributed by atoms with Crippen molar-refractivity contribution in [1.82, 2.24) is 14.0 Å². The van der Waals surface area contributed by atoms with Gasteiger partial charge in [0.2, 0.25) is 0 Å². The van der Waals surface area contributed by atoms with Gasteiger partial charge in [0.25, 0.3) is 5.91 Å². The van der Waals surface area contributed by atoms with E-state index in [1.165, 1.54) is 0 Å². The second kappa shape index (κ2) is 9.45. The Kier molecular flexibility index (Phi) is 6.45. The van der Waals surface area contributed by atoms with Crippen molar-refractivity contribution >= 4 is 34.0 Å². The van der Waals surface area contributed by atoms with Crippen molar-refractivity contribution in [2.24, 2.45) is 0 Å². The van der Waals surface area contributed by atoms with Gasteiger partial charge < -0.3 is 14.6 Å². The topological polar surface area (TPSA) is 84.3 Å². The lowest BCUT2D eigenvalue weighted by Crippen LogP contribution is -2.14. The Morgan fingerprint density at radius 3 is 2.76 bits per heavy atom. The van der Waals surface area contributed by atoms with Gasteiger partial charge in [0, 0.05) is 47.5 Å².